The largest absolute Gasteiger partial charge is 0.466 e. The number of benzene rings is 1. The standard InChI is InChI=1S/C22H29F3NO5P/c1-12(2)30-32(28,31-13(3)4)20-15(6)26-14(5)18(21(27)29-7)19(20)16-10-8-9-11-17(16)22(23,24)25/h8-13,19,26H,1-7H3. The van der Waals surface area contributed by atoms with Crippen molar-refractivity contribution in [2.24, 2.45) is 0 Å². The van der Waals surface area contributed by atoms with Crippen LogP contribution in [0.25, 0.3) is 0 Å². The summed E-state index contributed by atoms with van der Waals surface area (Å²) in [5.74, 6) is -2.20. The number of allylic oxidation sites excluding steroid dienone is 3. The van der Waals surface area contributed by atoms with Crippen LogP contribution >= 0.6 is 7.60 Å². The van der Waals surface area contributed by atoms with Crippen LogP contribution in [0.3, 0.4) is 0 Å². The molecule has 0 saturated carbocycles. The molecule has 1 unspecified atom stereocenters. The number of alkyl halides is 3. The van der Waals surface area contributed by atoms with Gasteiger partial charge in [-0.3, -0.25) is 4.57 Å². The van der Waals surface area contributed by atoms with E-state index in [9.17, 15) is 22.5 Å². The summed E-state index contributed by atoms with van der Waals surface area (Å²) in [6, 6.07) is 4.87. The third-order valence-corrected chi connectivity index (χ3v) is 7.28. The number of ether oxygens (including phenoxy) is 1. The molecule has 10 heteroatoms. The predicted molar refractivity (Wildman–Crippen MR) is 115 cm³/mol. The predicted octanol–water partition coefficient (Wildman–Crippen LogP) is 6.11. The molecule has 1 atom stereocenters. The number of hydrogen-bond acceptors (Lipinski definition) is 6. The molecule has 178 valence electrons. The number of methoxy groups -OCH3 is 1. The normalized spacial score (nSPS) is 17.8. The second kappa shape index (κ2) is 9.81. The lowest BCUT2D eigenvalue weighted by atomic mass is 9.84. The molecule has 1 heterocycles. The van der Waals surface area contributed by atoms with Gasteiger partial charge < -0.3 is 19.1 Å². The highest BCUT2D eigenvalue weighted by Crippen LogP contribution is 2.65. The molecule has 6 nitrogen and oxygen atoms in total. The summed E-state index contributed by atoms with van der Waals surface area (Å²) in [5.41, 5.74) is -0.699. The van der Waals surface area contributed by atoms with Gasteiger partial charge in [-0.15, -0.1) is 0 Å². The van der Waals surface area contributed by atoms with Crippen LogP contribution in [-0.4, -0.2) is 25.3 Å². The highest BCUT2D eigenvalue weighted by Gasteiger charge is 2.48. The van der Waals surface area contributed by atoms with Gasteiger partial charge in [-0.05, 0) is 53.2 Å². The monoisotopic (exact) mass is 475 g/mol. The van der Waals surface area contributed by atoms with Crippen molar-refractivity contribution in [1.29, 1.82) is 0 Å². The molecule has 32 heavy (non-hydrogen) atoms. The van der Waals surface area contributed by atoms with Gasteiger partial charge in [-0.1, -0.05) is 18.2 Å². The van der Waals surface area contributed by atoms with E-state index in [1.54, 1.807) is 41.5 Å². The van der Waals surface area contributed by atoms with E-state index >= 15 is 0 Å². The van der Waals surface area contributed by atoms with Crippen LogP contribution < -0.4 is 5.32 Å². The lowest BCUT2D eigenvalue weighted by Gasteiger charge is -2.36. The van der Waals surface area contributed by atoms with Crippen molar-refractivity contribution in [1.82, 2.24) is 5.32 Å². The molecule has 0 radical (unpaired) electrons. The number of rotatable bonds is 7. The maximum Gasteiger partial charge on any atom is 0.416 e. The Labute approximate surface area is 186 Å². The minimum Gasteiger partial charge on any atom is -0.466 e. The minimum atomic E-state index is -4.71. The molecule has 2 rings (SSSR count). The molecule has 0 aromatic heterocycles. The van der Waals surface area contributed by atoms with Gasteiger partial charge in [-0.25, -0.2) is 4.79 Å². The molecule has 1 N–H and O–H groups in total. The molecule has 0 bridgehead atoms. The number of carbonyl (C=O) groups excluding carboxylic acids is 1. The second-order valence-electron chi connectivity index (χ2n) is 7.99. The Bertz CT molecular complexity index is 968. The zero-order valence-electron chi connectivity index (χ0n) is 19.2. The molecular weight excluding hydrogens is 446 g/mol. The highest BCUT2D eigenvalue weighted by molar-refractivity contribution is 7.58. The van der Waals surface area contributed by atoms with Crippen LogP contribution in [-0.2, 0) is 29.3 Å². The number of hydrogen-bond donors (Lipinski definition) is 1. The van der Waals surface area contributed by atoms with Gasteiger partial charge >= 0.3 is 19.7 Å². The highest BCUT2D eigenvalue weighted by atomic mass is 31.2. The first-order chi connectivity index (χ1) is 14.7. The molecule has 1 aromatic rings. The minimum absolute atomic E-state index is 0.0531. The number of halogens is 3. The maximum atomic E-state index is 14.1. The molecular formula is C22H29F3NO5P. The third-order valence-electron chi connectivity index (χ3n) is 4.70. The smallest absolute Gasteiger partial charge is 0.416 e. The first kappa shape index (κ1) is 26.2. The van der Waals surface area contributed by atoms with E-state index in [4.69, 9.17) is 13.8 Å². The Morgan fingerprint density at radius 2 is 1.56 bits per heavy atom. The number of nitrogens with one attached hydrogen (secondary N) is 1. The van der Waals surface area contributed by atoms with Crippen molar-refractivity contribution in [2.75, 3.05) is 7.11 Å². The van der Waals surface area contributed by atoms with E-state index in [2.05, 4.69) is 5.32 Å². The summed E-state index contributed by atoms with van der Waals surface area (Å²) in [6.07, 6.45) is -5.84. The van der Waals surface area contributed by atoms with Gasteiger partial charge in [0.25, 0.3) is 0 Å². The van der Waals surface area contributed by atoms with Gasteiger partial charge in [0.15, 0.2) is 0 Å². The lowest BCUT2D eigenvalue weighted by Crippen LogP contribution is -2.31. The van der Waals surface area contributed by atoms with E-state index in [-0.39, 0.29) is 16.5 Å². The lowest BCUT2D eigenvalue weighted by molar-refractivity contribution is -0.139. The van der Waals surface area contributed by atoms with Crippen molar-refractivity contribution in [3.8, 4) is 0 Å². The SMILES string of the molecule is COC(=O)C1=C(C)NC(C)=C(P(=O)(OC(C)C)OC(C)C)C1c1ccccc1C(F)(F)F. The number of esters is 1. The first-order valence-corrected chi connectivity index (χ1v) is 11.7. The van der Waals surface area contributed by atoms with E-state index in [1.807, 2.05) is 0 Å². The molecule has 1 aliphatic heterocycles. The maximum absolute atomic E-state index is 14.1. The summed E-state index contributed by atoms with van der Waals surface area (Å²) in [7, 11) is -3.03. The van der Waals surface area contributed by atoms with Gasteiger partial charge in [0.1, 0.15) is 0 Å². The van der Waals surface area contributed by atoms with E-state index in [1.165, 1.54) is 18.2 Å². The van der Waals surface area contributed by atoms with Crippen molar-refractivity contribution in [3.05, 3.63) is 57.7 Å². The van der Waals surface area contributed by atoms with Crippen LogP contribution in [0, 0.1) is 0 Å². The summed E-state index contributed by atoms with van der Waals surface area (Å²) >= 11 is 0. The Morgan fingerprint density at radius 3 is 2.03 bits per heavy atom. The summed E-state index contributed by atoms with van der Waals surface area (Å²) in [4.78, 5) is 12.8. The summed E-state index contributed by atoms with van der Waals surface area (Å²) in [6.45, 7) is 9.68. The molecule has 0 amide bonds. The van der Waals surface area contributed by atoms with Gasteiger partial charge in [-0.2, -0.15) is 13.2 Å². The van der Waals surface area contributed by atoms with E-state index in [0.717, 1.165) is 13.2 Å². The topological polar surface area (TPSA) is 73.9 Å². The zero-order chi connectivity index (χ0) is 24.4. The average molecular weight is 475 g/mol. The van der Waals surface area contributed by atoms with Gasteiger partial charge in [0, 0.05) is 11.4 Å². The fourth-order valence-electron chi connectivity index (χ4n) is 3.73. The van der Waals surface area contributed by atoms with Crippen LogP contribution in [0.5, 0.6) is 0 Å². The Balaban J connectivity index is 2.93. The summed E-state index contributed by atoms with van der Waals surface area (Å²) in [5, 5.41) is 2.90. The number of dihydropyridines is 1. The van der Waals surface area contributed by atoms with Gasteiger partial charge in [0.2, 0.25) is 0 Å². The second-order valence-corrected chi connectivity index (χ2v) is 9.89. The fourth-order valence-corrected chi connectivity index (χ4v) is 6.17. The quantitative estimate of drug-likeness (QED) is 0.379. The summed E-state index contributed by atoms with van der Waals surface area (Å²) < 4.78 is 72.3. The van der Waals surface area contributed by atoms with E-state index < -0.39 is 43.4 Å². The van der Waals surface area contributed by atoms with Crippen molar-refractivity contribution < 1.29 is 36.3 Å². The Hall–Kier alpha value is -2.09. The van der Waals surface area contributed by atoms with Crippen LogP contribution in [0.4, 0.5) is 13.2 Å². The van der Waals surface area contributed by atoms with Crippen LogP contribution in [0.15, 0.2) is 46.5 Å². The Kier molecular flexibility index (Phi) is 8.02. The van der Waals surface area contributed by atoms with Gasteiger partial charge in [0.05, 0.1) is 41.7 Å². The molecule has 0 saturated heterocycles. The average Bonchev–Trinajstić information content (AvgIpc) is 2.64. The van der Waals surface area contributed by atoms with Crippen LogP contribution in [0.1, 0.15) is 58.6 Å². The zero-order valence-corrected chi connectivity index (χ0v) is 20.1. The third kappa shape index (κ3) is 5.45. The molecule has 1 aliphatic rings. The Morgan fingerprint density at radius 1 is 1.03 bits per heavy atom. The van der Waals surface area contributed by atoms with Crippen LogP contribution in [0.2, 0.25) is 0 Å². The molecule has 0 spiro atoms. The molecule has 0 aliphatic carbocycles. The van der Waals surface area contributed by atoms with Crippen molar-refractivity contribution in [3.63, 3.8) is 0 Å². The van der Waals surface area contributed by atoms with E-state index in [0.29, 0.717) is 11.4 Å². The fraction of sp³-hybridized carbons (Fsp3) is 0.500. The number of carbonyl (C=O) groups is 1. The molecule has 0 fully saturated rings. The first-order valence-electron chi connectivity index (χ1n) is 10.1. The van der Waals surface area contributed by atoms with Crippen molar-refractivity contribution in [2.45, 2.75) is 65.8 Å². The van der Waals surface area contributed by atoms with Crippen molar-refractivity contribution >= 4 is 13.6 Å². The molecule has 1 aromatic carbocycles.